The minimum Gasteiger partial charge on any atom is -0.471 e. The molecule has 1 aliphatic carbocycles. The summed E-state index contributed by atoms with van der Waals surface area (Å²) in [5.74, 6) is -0.699. The van der Waals surface area contributed by atoms with Crippen LogP contribution in [-0.4, -0.2) is 78.1 Å². The average Bonchev–Trinajstić information content (AvgIpc) is 3.71. The van der Waals surface area contributed by atoms with Crippen LogP contribution in [0.3, 0.4) is 0 Å². The summed E-state index contributed by atoms with van der Waals surface area (Å²) >= 11 is 0. The summed E-state index contributed by atoms with van der Waals surface area (Å²) in [4.78, 5) is 25.2. The van der Waals surface area contributed by atoms with E-state index >= 15 is 0 Å². The van der Waals surface area contributed by atoms with Crippen LogP contribution in [0.1, 0.15) is 40.7 Å². The van der Waals surface area contributed by atoms with E-state index < -0.39 is 33.7 Å². The Labute approximate surface area is 241 Å². The van der Waals surface area contributed by atoms with Gasteiger partial charge < -0.3 is 9.64 Å². The van der Waals surface area contributed by atoms with E-state index in [1.54, 1.807) is 6.07 Å². The molecule has 0 spiro atoms. The number of anilines is 1. The van der Waals surface area contributed by atoms with Crippen molar-refractivity contribution in [3.05, 3.63) is 65.2 Å². The van der Waals surface area contributed by atoms with E-state index in [2.05, 4.69) is 14.7 Å². The van der Waals surface area contributed by atoms with Crippen molar-refractivity contribution in [3.63, 3.8) is 0 Å². The zero-order chi connectivity index (χ0) is 29.9. The number of nitrogens with zero attached hydrogens (tertiary/aromatic N) is 4. The van der Waals surface area contributed by atoms with Gasteiger partial charge in [0.15, 0.2) is 0 Å². The van der Waals surface area contributed by atoms with Crippen LogP contribution in [0.5, 0.6) is 5.88 Å². The highest BCUT2D eigenvalue weighted by atomic mass is 32.2. The summed E-state index contributed by atoms with van der Waals surface area (Å²) in [5.41, 5.74) is 1.14. The van der Waals surface area contributed by atoms with E-state index in [9.17, 15) is 26.4 Å². The molecule has 2 aliphatic heterocycles. The van der Waals surface area contributed by atoms with Gasteiger partial charge in [-0.3, -0.25) is 9.69 Å². The van der Waals surface area contributed by atoms with Crippen molar-refractivity contribution in [1.82, 2.24) is 19.8 Å². The lowest BCUT2D eigenvalue weighted by Crippen LogP contribution is -2.56. The van der Waals surface area contributed by atoms with Crippen LogP contribution < -0.4 is 9.46 Å². The van der Waals surface area contributed by atoms with Crippen molar-refractivity contribution >= 4 is 21.9 Å². The third-order valence-electron chi connectivity index (χ3n) is 8.19. The molecule has 1 aromatic heterocycles. The molecule has 1 unspecified atom stereocenters. The Morgan fingerprint density at radius 1 is 1.00 bits per heavy atom. The first-order valence-corrected chi connectivity index (χ1v) is 15.2. The number of aromatic nitrogens is 2. The van der Waals surface area contributed by atoms with Crippen molar-refractivity contribution in [2.24, 2.45) is 0 Å². The predicted octanol–water partition coefficient (Wildman–Crippen LogP) is 4.57. The molecule has 1 atom stereocenters. The molecule has 3 aromatic rings. The van der Waals surface area contributed by atoms with Crippen molar-refractivity contribution in [2.75, 3.05) is 30.9 Å². The third kappa shape index (κ3) is 5.19. The Morgan fingerprint density at radius 2 is 1.71 bits per heavy atom. The molecule has 3 heterocycles. The number of ether oxygens (including phenoxy) is 1. The number of sulfonamides is 1. The van der Waals surface area contributed by atoms with Gasteiger partial charge >= 0.3 is 6.18 Å². The number of hydrogen-bond donors (Lipinski definition) is 1. The van der Waals surface area contributed by atoms with Crippen LogP contribution in [0.2, 0.25) is 0 Å². The van der Waals surface area contributed by atoms with Crippen molar-refractivity contribution < 1.29 is 31.1 Å². The van der Waals surface area contributed by atoms with Gasteiger partial charge in [0.1, 0.15) is 11.6 Å². The van der Waals surface area contributed by atoms with Crippen molar-refractivity contribution in [1.29, 1.82) is 0 Å². The predicted molar refractivity (Wildman–Crippen MR) is 149 cm³/mol. The molecule has 2 aromatic carbocycles. The maximum absolute atomic E-state index is 14.2. The molecule has 42 heavy (non-hydrogen) atoms. The molecular weight excluding hydrogens is 571 g/mol. The van der Waals surface area contributed by atoms with Gasteiger partial charge in [0, 0.05) is 36.8 Å². The minimum atomic E-state index is -4.40. The number of carbonyl (C=O) groups is 1. The van der Waals surface area contributed by atoms with Gasteiger partial charge in [-0.05, 0) is 62.4 Å². The standard InChI is InChI=1S/C29H30F3N5O4S/c1-18-6-3-7-19(2)25(18)23-15-24-34-27(33-23)35-42(39,40)22-9-4-8-20(14-22)26(38)36-12-5-13-37(17-21(16-36)41-24)28(10-11-28)29(30,31)32/h3-4,6-9,14-15,21H,5,10-13,16-17H2,1-2H3,(H,33,34,35). The number of nitrogens with one attached hydrogen (secondary N) is 1. The molecule has 9 nitrogen and oxygen atoms in total. The Morgan fingerprint density at radius 3 is 2.40 bits per heavy atom. The van der Waals surface area contributed by atoms with Crippen LogP contribution >= 0.6 is 0 Å². The second kappa shape index (κ2) is 10.2. The number of rotatable bonds is 2. The highest BCUT2D eigenvalue weighted by Gasteiger charge is 2.66. The lowest BCUT2D eigenvalue weighted by atomic mass is 10.00. The van der Waals surface area contributed by atoms with Gasteiger partial charge in [-0.2, -0.15) is 18.2 Å². The Balaban J connectivity index is 1.48. The molecule has 6 bridgehead atoms. The minimum absolute atomic E-state index is 0.00820. The highest BCUT2D eigenvalue weighted by Crippen LogP contribution is 2.53. The topological polar surface area (TPSA) is 105 Å². The summed E-state index contributed by atoms with van der Waals surface area (Å²) in [6.07, 6.45) is -4.95. The Kier molecular flexibility index (Phi) is 6.92. The SMILES string of the molecule is Cc1cccc(C)c1-c1cc2nc(n1)NS(=O)(=O)c1cccc(c1)C(=O)N1CCCN(C3(C(F)(F)F)CC3)CC(C1)O2. The van der Waals surface area contributed by atoms with Crippen molar-refractivity contribution in [3.8, 4) is 17.1 Å². The first kappa shape index (κ1) is 28.4. The van der Waals surface area contributed by atoms with E-state index in [1.807, 2.05) is 32.0 Å². The number of benzene rings is 2. The zero-order valence-corrected chi connectivity index (χ0v) is 23.9. The van der Waals surface area contributed by atoms with Crippen LogP contribution in [0.15, 0.2) is 53.4 Å². The van der Waals surface area contributed by atoms with Crippen molar-refractivity contribution in [2.45, 2.75) is 55.8 Å². The summed E-state index contributed by atoms with van der Waals surface area (Å²) in [6.45, 7) is 4.00. The van der Waals surface area contributed by atoms with E-state index in [0.717, 1.165) is 16.7 Å². The van der Waals surface area contributed by atoms with Gasteiger partial charge in [0.2, 0.25) is 11.8 Å². The number of fused-ring (bicyclic) bond motifs is 6. The lowest BCUT2D eigenvalue weighted by Gasteiger charge is -2.39. The molecule has 2 fully saturated rings. The fourth-order valence-electron chi connectivity index (χ4n) is 5.94. The van der Waals surface area contributed by atoms with Gasteiger partial charge in [0.25, 0.3) is 15.9 Å². The molecule has 1 amide bonds. The molecule has 0 radical (unpaired) electrons. The number of halogens is 3. The number of alkyl halides is 3. The summed E-state index contributed by atoms with van der Waals surface area (Å²) in [5, 5.41) is 0. The smallest absolute Gasteiger partial charge is 0.406 e. The molecule has 6 rings (SSSR count). The Hall–Kier alpha value is -3.71. The van der Waals surface area contributed by atoms with Crippen LogP contribution in [0.25, 0.3) is 11.3 Å². The number of carbonyl (C=O) groups excluding carboxylic acids is 1. The highest BCUT2D eigenvalue weighted by molar-refractivity contribution is 7.92. The largest absolute Gasteiger partial charge is 0.471 e. The normalized spacial score (nSPS) is 21.9. The van der Waals surface area contributed by atoms with E-state index in [0.29, 0.717) is 12.1 Å². The van der Waals surface area contributed by atoms with Crippen LogP contribution in [-0.2, 0) is 10.0 Å². The molecular formula is C29H30F3N5O4S. The summed E-state index contributed by atoms with van der Waals surface area (Å²) in [7, 11) is -4.21. The van der Waals surface area contributed by atoms with Gasteiger partial charge in [-0.15, -0.1) is 0 Å². The fourth-order valence-corrected chi connectivity index (χ4v) is 6.93. The molecule has 13 heteroatoms. The first-order valence-electron chi connectivity index (χ1n) is 13.7. The van der Waals surface area contributed by atoms with Gasteiger partial charge in [-0.25, -0.2) is 18.1 Å². The fraction of sp³-hybridized carbons (Fsp3) is 0.414. The quantitative estimate of drug-likeness (QED) is 0.459. The molecule has 1 saturated carbocycles. The lowest BCUT2D eigenvalue weighted by molar-refractivity contribution is -0.200. The van der Waals surface area contributed by atoms with Crippen LogP contribution in [0, 0.1) is 13.8 Å². The maximum atomic E-state index is 14.2. The summed E-state index contributed by atoms with van der Waals surface area (Å²) < 4.78 is 77.9. The zero-order valence-electron chi connectivity index (χ0n) is 23.1. The maximum Gasteiger partial charge on any atom is 0.406 e. The Bertz CT molecular complexity index is 1640. The number of amides is 1. The van der Waals surface area contributed by atoms with E-state index in [-0.39, 0.29) is 61.3 Å². The number of aryl methyl sites for hydroxylation is 2. The average molecular weight is 602 g/mol. The third-order valence-corrected chi connectivity index (χ3v) is 9.52. The summed E-state index contributed by atoms with van der Waals surface area (Å²) in [6, 6.07) is 12.9. The molecule has 222 valence electrons. The van der Waals surface area contributed by atoms with Crippen LogP contribution in [0.4, 0.5) is 19.1 Å². The van der Waals surface area contributed by atoms with Gasteiger partial charge in [-0.1, -0.05) is 24.3 Å². The second-order valence-electron chi connectivity index (χ2n) is 11.1. The first-order chi connectivity index (χ1) is 19.9. The van der Waals surface area contributed by atoms with E-state index in [4.69, 9.17) is 4.74 Å². The van der Waals surface area contributed by atoms with E-state index in [1.165, 1.54) is 34.1 Å². The second-order valence-corrected chi connectivity index (χ2v) is 12.8. The molecule has 3 aliphatic rings. The molecule has 1 N–H and O–H groups in total. The monoisotopic (exact) mass is 601 g/mol. The molecule has 1 saturated heterocycles. The van der Waals surface area contributed by atoms with Gasteiger partial charge in [0.05, 0.1) is 17.1 Å². The number of hydrogen-bond acceptors (Lipinski definition) is 7.